The molecule has 2 aromatic rings. The number of hydrazine groups is 1. The highest BCUT2D eigenvalue weighted by molar-refractivity contribution is 5.91. The average Bonchev–Trinajstić information content (AvgIpc) is 2.71. The van der Waals surface area contributed by atoms with Gasteiger partial charge in [-0.25, -0.2) is 14.6 Å². The van der Waals surface area contributed by atoms with E-state index in [0.29, 0.717) is 29.4 Å². The van der Waals surface area contributed by atoms with Gasteiger partial charge in [-0.2, -0.15) is 5.10 Å². The van der Waals surface area contributed by atoms with E-state index >= 15 is 0 Å². The van der Waals surface area contributed by atoms with Crippen molar-refractivity contribution < 1.29 is 18.3 Å². The molecule has 0 unspecified atom stereocenters. The molecule has 0 atom stereocenters. The van der Waals surface area contributed by atoms with E-state index in [-0.39, 0.29) is 25.2 Å². The number of pyridine rings is 1. The Kier molecular flexibility index (Phi) is 8.10. The first kappa shape index (κ1) is 24.3. The molecule has 11 heteroatoms. The van der Waals surface area contributed by atoms with Gasteiger partial charge in [-0.3, -0.25) is 9.78 Å². The molecule has 9 nitrogen and oxygen atoms in total. The average molecular weight is 462 g/mol. The van der Waals surface area contributed by atoms with Gasteiger partial charge in [-0.15, -0.1) is 5.10 Å². The van der Waals surface area contributed by atoms with Gasteiger partial charge in [0.25, 0.3) is 5.92 Å². The van der Waals surface area contributed by atoms with Crippen LogP contribution in [0.5, 0.6) is 5.75 Å². The van der Waals surface area contributed by atoms with Crippen LogP contribution in [0.25, 0.3) is 0 Å². The standard InChI is InChI=1S/C22H29F2N7O2/c1-15(25)14-31(26)7-3-2-4-17-5-6-20(30-29-17)28-21(32)9-16-8-18(13-27-12-16)33-19-10-22(23,24)11-19/h5-6,8,12-14,19H,2-4,7,9-11,25-26H2,1H3,(H,28,30,32)/b15-14-. The van der Waals surface area contributed by atoms with E-state index in [0.717, 1.165) is 25.0 Å². The van der Waals surface area contributed by atoms with Crippen molar-refractivity contribution in [3.05, 3.63) is 53.7 Å². The van der Waals surface area contributed by atoms with Crippen LogP contribution in [-0.4, -0.2) is 44.7 Å². The highest BCUT2D eigenvalue weighted by Crippen LogP contribution is 2.39. The number of amides is 1. The zero-order chi connectivity index (χ0) is 23.8. The zero-order valence-corrected chi connectivity index (χ0v) is 18.5. The van der Waals surface area contributed by atoms with E-state index in [1.165, 1.54) is 12.4 Å². The van der Waals surface area contributed by atoms with Gasteiger partial charge < -0.3 is 20.8 Å². The van der Waals surface area contributed by atoms with Crippen LogP contribution in [0, 0.1) is 0 Å². The molecule has 0 spiro atoms. The number of anilines is 1. The Morgan fingerprint density at radius 3 is 2.76 bits per heavy atom. The van der Waals surface area contributed by atoms with Crippen molar-refractivity contribution in [3.63, 3.8) is 0 Å². The molecule has 2 aromatic heterocycles. The second-order valence-electron chi connectivity index (χ2n) is 8.24. The molecule has 1 aliphatic rings. The summed E-state index contributed by atoms with van der Waals surface area (Å²) in [6.45, 7) is 2.46. The monoisotopic (exact) mass is 461 g/mol. The number of carbonyl (C=O) groups is 1. The molecule has 1 saturated carbocycles. The Hall–Kier alpha value is -3.34. The summed E-state index contributed by atoms with van der Waals surface area (Å²) in [6.07, 6.45) is 6.08. The Bertz CT molecular complexity index is 957. The normalized spacial score (nSPS) is 15.6. The summed E-state index contributed by atoms with van der Waals surface area (Å²) in [5, 5.41) is 12.4. The number of hydrogen-bond donors (Lipinski definition) is 3. The van der Waals surface area contributed by atoms with E-state index < -0.39 is 12.0 Å². The number of alkyl halides is 2. The lowest BCUT2D eigenvalue weighted by atomic mass is 9.91. The van der Waals surface area contributed by atoms with Crippen LogP contribution in [0.4, 0.5) is 14.6 Å². The number of ether oxygens (including phenoxy) is 1. The van der Waals surface area contributed by atoms with E-state index in [1.54, 1.807) is 30.3 Å². The summed E-state index contributed by atoms with van der Waals surface area (Å²) in [4.78, 5) is 16.4. The number of hydrogen-bond acceptors (Lipinski definition) is 8. The summed E-state index contributed by atoms with van der Waals surface area (Å²) in [5.41, 5.74) is 7.65. The number of nitrogens with one attached hydrogen (secondary N) is 1. The van der Waals surface area contributed by atoms with E-state index in [1.807, 2.05) is 6.07 Å². The van der Waals surface area contributed by atoms with Crippen molar-refractivity contribution in [2.45, 2.75) is 57.5 Å². The fourth-order valence-electron chi connectivity index (χ4n) is 3.37. The van der Waals surface area contributed by atoms with Crippen molar-refractivity contribution in [2.75, 3.05) is 11.9 Å². The second kappa shape index (κ2) is 11.0. The maximum atomic E-state index is 12.9. The predicted octanol–water partition coefficient (Wildman–Crippen LogP) is 2.55. The lowest BCUT2D eigenvalue weighted by Crippen LogP contribution is -2.43. The Morgan fingerprint density at radius 2 is 2.09 bits per heavy atom. The van der Waals surface area contributed by atoms with Gasteiger partial charge in [0.2, 0.25) is 5.91 Å². The van der Waals surface area contributed by atoms with Crippen LogP contribution in [-0.2, 0) is 17.6 Å². The predicted molar refractivity (Wildman–Crippen MR) is 119 cm³/mol. The van der Waals surface area contributed by atoms with Gasteiger partial charge in [0.1, 0.15) is 11.9 Å². The van der Waals surface area contributed by atoms with Crippen LogP contribution >= 0.6 is 0 Å². The Morgan fingerprint density at radius 1 is 1.30 bits per heavy atom. The molecule has 5 N–H and O–H groups in total. The molecule has 0 aliphatic heterocycles. The van der Waals surface area contributed by atoms with Crippen LogP contribution in [0.15, 0.2) is 42.5 Å². The molecular formula is C22H29F2N7O2. The van der Waals surface area contributed by atoms with Crippen molar-refractivity contribution in [1.29, 1.82) is 0 Å². The largest absolute Gasteiger partial charge is 0.488 e. The highest BCUT2D eigenvalue weighted by Gasteiger charge is 2.47. The molecule has 1 fully saturated rings. The highest BCUT2D eigenvalue weighted by atomic mass is 19.3. The molecule has 0 aromatic carbocycles. The third-order valence-electron chi connectivity index (χ3n) is 4.95. The zero-order valence-electron chi connectivity index (χ0n) is 18.5. The minimum absolute atomic E-state index is 0.0424. The molecule has 0 bridgehead atoms. The fourth-order valence-corrected chi connectivity index (χ4v) is 3.37. The first-order chi connectivity index (χ1) is 15.7. The van der Waals surface area contributed by atoms with Crippen molar-refractivity contribution in [1.82, 2.24) is 20.2 Å². The molecule has 0 radical (unpaired) electrons. The Balaban J connectivity index is 1.40. The lowest BCUT2D eigenvalue weighted by Gasteiger charge is -2.34. The van der Waals surface area contributed by atoms with Crippen LogP contribution in [0.2, 0.25) is 0 Å². The molecule has 1 aliphatic carbocycles. The number of nitrogens with zero attached hydrogens (tertiary/aromatic N) is 4. The van der Waals surface area contributed by atoms with Crippen LogP contribution in [0.1, 0.15) is 43.9 Å². The first-order valence-electron chi connectivity index (χ1n) is 10.7. The summed E-state index contributed by atoms with van der Waals surface area (Å²) in [7, 11) is 0. The van der Waals surface area contributed by atoms with Gasteiger partial charge in [0, 0.05) is 37.5 Å². The minimum atomic E-state index is -2.65. The van der Waals surface area contributed by atoms with Gasteiger partial charge in [-0.05, 0) is 49.9 Å². The number of nitrogens with two attached hydrogens (primary N) is 2. The third kappa shape index (κ3) is 8.26. The third-order valence-corrected chi connectivity index (χ3v) is 4.95. The van der Waals surface area contributed by atoms with Crippen LogP contribution < -0.4 is 21.6 Å². The van der Waals surface area contributed by atoms with Gasteiger partial charge >= 0.3 is 0 Å². The summed E-state index contributed by atoms with van der Waals surface area (Å²) in [5.74, 6) is 3.56. The fraction of sp³-hybridized carbons (Fsp3) is 0.455. The number of carbonyl (C=O) groups excluding carboxylic acids is 1. The Labute approximate surface area is 191 Å². The summed E-state index contributed by atoms with van der Waals surface area (Å²) >= 11 is 0. The summed E-state index contributed by atoms with van der Waals surface area (Å²) < 4.78 is 31.4. The SMILES string of the molecule is C/C(N)=C/N(N)CCCCc1ccc(NC(=O)Cc2cncc(OC3CC(F)(F)C3)c2)nn1. The quantitative estimate of drug-likeness (QED) is 0.264. The molecule has 3 rings (SSSR count). The van der Waals surface area contributed by atoms with Gasteiger partial charge in [0.15, 0.2) is 5.82 Å². The van der Waals surface area contributed by atoms with E-state index in [4.69, 9.17) is 16.3 Å². The lowest BCUT2D eigenvalue weighted by molar-refractivity contribution is -0.134. The van der Waals surface area contributed by atoms with Crippen molar-refractivity contribution in [2.24, 2.45) is 11.6 Å². The maximum Gasteiger partial charge on any atom is 0.255 e. The molecule has 1 amide bonds. The van der Waals surface area contributed by atoms with Gasteiger partial charge in [0.05, 0.1) is 18.3 Å². The molecule has 2 heterocycles. The minimum Gasteiger partial charge on any atom is -0.488 e. The second-order valence-corrected chi connectivity index (χ2v) is 8.24. The number of aryl methyl sites for hydroxylation is 1. The smallest absolute Gasteiger partial charge is 0.255 e. The topological polar surface area (TPSA) is 132 Å². The maximum absolute atomic E-state index is 12.9. The van der Waals surface area contributed by atoms with Crippen LogP contribution in [0.3, 0.4) is 0 Å². The molecule has 178 valence electrons. The number of halogens is 2. The number of unbranched alkanes of at least 4 members (excludes halogenated alkanes) is 1. The summed E-state index contributed by atoms with van der Waals surface area (Å²) in [6, 6.07) is 5.15. The van der Waals surface area contributed by atoms with Gasteiger partial charge in [-0.1, -0.05) is 0 Å². The number of aromatic nitrogens is 3. The number of rotatable bonds is 11. The first-order valence-corrected chi connectivity index (χ1v) is 10.7. The molecule has 33 heavy (non-hydrogen) atoms. The molecular weight excluding hydrogens is 432 g/mol. The molecule has 0 saturated heterocycles. The van der Waals surface area contributed by atoms with E-state index in [9.17, 15) is 13.6 Å². The van der Waals surface area contributed by atoms with E-state index in [2.05, 4.69) is 20.5 Å². The van der Waals surface area contributed by atoms with Crippen molar-refractivity contribution >= 4 is 11.7 Å². The van der Waals surface area contributed by atoms with Crippen molar-refractivity contribution in [3.8, 4) is 5.75 Å². The number of allylic oxidation sites excluding steroid dienone is 1.